The molecule has 0 bridgehead atoms. The highest BCUT2D eigenvalue weighted by molar-refractivity contribution is 5.80. The Morgan fingerprint density at radius 1 is 1.50 bits per heavy atom. The highest BCUT2D eigenvalue weighted by atomic mass is 16.4. The van der Waals surface area contributed by atoms with Gasteiger partial charge in [0.05, 0.1) is 0 Å². The second-order valence-corrected chi connectivity index (χ2v) is 4.97. The van der Waals surface area contributed by atoms with Crippen LogP contribution in [0.4, 0.5) is 0 Å². The number of hydrogen-bond acceptors (Lipinski definition) is 4. The minimum absolute atomic E-state index is 0.335. The fourth-order valence-corrected chi connectivity index (χ4v) is 2.89. The molecule has 0 amide bonds. The van der Waals surface area contributed by atoms with Crippen molar-refractivity contribution in [2.24, 2.45) is 10.9 Å². The van der Waals surface area contributed by atoms with Crippen LogP contribution in [0.3, 0.4) is 0 Å². The summed E-state index contributed by atoms with van der Waals surface area (Å²) in [6.07, 6.45) is 3.32. The van der Waals surface area contributed by atoms with Gasteiger partial charge in [-0.15, -0.1) is 0 Å². The maximum absolute atomic E-state index is 8.57. The molecule has 0 radical (unpaired) electrons. The van der Waals surface area contributed by atoms with Crippen molar-refractivity contribution in [2.75, 3.05) is 26.2 Å². The first-order valence-electron chi connectivity index (χ1n) is 6.15. The van der Waals surface area contributed by atoms with Crippen LogP contribution in [0.2, 0.25) is 0 Å². The quantitative estimate of drug-likeness (QED) is 0.314. The minimum Gasteiger partial charge on any atom is -0.409 e. The van der Waals surface area contributed by atoms with Crippen LogP contribution < -0.4 is 5.73 Å². The molecule has 5 nitrogen and oxygen atoms in total. The van der Waals surface area contributed by atoms with E-state index in [1.54, 1.807) is 0 Å². The van der Waals surface area contributed by atoms with E-state index >= 15 is 0 Å². The number of piperazine rings is 1. The normalized spacial score (nSPS) is 30.3. The monoisotopic (exact) mass is 226 g/mol. The molecule has 2 atom stereocenters. The number of rotatable bonds is 3. The third-order valence-corrected chi connectivity index (χ3v) is 3.88. The number of oxime groups is 1. The van der Waals surface area contributed by atoms with Crippen molar-refractivity contribution in [1.29, 1.82) is 0 Å². The van der Waals surface area contributed by atoms with Crippen molar-refractivity contribution < 1.29 is 5.21 Å². The lowest BCUT2D eigenvalue weighted by molar-refractivity contribution is 0.0789. The molecule has 2 aliphatic heterocycles. The molecule has 0 aromatic heterocycles. The maximum atomic E-state index is 8.57. The number of nitrogens with two attached hydrogens (primary N) is 1. The summed E-state index contributed by atoms with van der Waals surface area (Å²) in [4.78, 5) is 5.05. The molecule has 0 aromatic rings. The molecule has 92 valence electrons. The van der Waals surface area contributed by atoms with Crippen LogP contribution in [0.15, 0.2) is 5.16 Å². The molecule has 3 N–H and O–H groups in total. The number of nitrogens with zero attached hydrogens (tertiary/aromatic N) is 3. The fourth-order valence-electron chi connectivity index (χ4n) is 2.89. The zero-order valence-corrected chi connectivity index (χ0v) is 9.97. The van der Waals surface area contributed by atoms with E-state index in [9.17, 15) is 0 Å². The molecule has 0 aliphatic carbocycles. The smallest absolute Gasteiger partial charge is 0.140 e. The van der Waals surface area contributed by atoms with Crippen molar-refractivity contribution in [3.63, 3.8) is 0 Å². The van der Waals surface area contributed by atoms with Crippen molar-refractivity contribution in [2.45, 2.75) is 38.3 Å². The molecule has 0 spiro atoms. The summed E-state index contributed by atoms with van der Waals surface area (Å²) in [6.45, 7) is 6.84. The highest BCUT2D eigenvalue weighted by Gasteiger charge is 2.32. The Morgan fingerprint density at radius 2 is 2.31 bits per heavy atom. The summed E-state index contributed by atoms with van der Waals surface area (Å²) in [5.74, 6) is 0.335. The Hall–Kier alpha value is -0.810. The summed E-state index contributed by atoms with van der Waals surface area (Å²) in [6, 6.07) is 1.11. The lowest BCUT2D eigenvalue weighted by atomic mass is 10.1. The Morgan fingerprint density at radius 3 is 3.06 bits per heavy atom. The maximum Gasteiger partial charge on any atom is 0.140 e. The van der Waals surface area contributed by atoms with Gasteiger partial charge in [0, 0.05) is 38.1 Å². The van der Waals surface area contributed by atoms with Crippen LogP contribution in [0, 0.1) is 0 Å². The summed E-state index contributed by atoms with van der Waals surface area (Å²) < 4.78 is 0. The summed E-state index contributed by atoms with van der Waals surface area (Å²) >= 11 is 0. The van der Waals surface area contributed by atoms with E-state index in [1.165, 1.54) is 25.9 Å². The molecule has 2 rings (SSSR count). The van der Waals surface area contributed by atoms with E-state index < -0.39 is 0 Å². The number of hydrogen-bond donors (Lipinski definition) is 2. The van der Waals surface area contributed by atoms with Crippen LogP contribution in [-0.4, -0.2) is 59.1 Å². The van der Waals surface area contributed by atoms with Crippen LogP contribution in [0.5, 0.6) is 0 Å². The first-order valence-corrected chi connectivity index (χ1v) is 6.15. The second-order valence-electron chi connectivity index (χ2n) is 4.97. The van der Waals surface area contributed by atoms with Crippen molar-refractivity contribution in [3.05, 3.63) is 0 Å². The Kier molecular flexibility index (Phi) is 3.66. The molecule has 2 fully saturated rings. The molecule has 5 heteroatoms. The molecule has 0 saturated carbocycles. The number of amidine groups is 1. The average Bonchev–Trinajstić information content (AvgIpc) is 2.75. The topological polar surface area (TPSA) is 65.1 Å². The fraction of sp³-hybridized carbons (Fsp3) is 0.909. The SMILES string of the molecule is CC(CC(N)=NO)N1CCN2CCCC2C1. The average molecular weight is 226 g/mol. The van der Waals surface area contributed by atoms with Crippen molar-refractivity contribution in [3.8, 4) is 0 Å². The molecule has 16 heavy (non-hydrogen) atoms. The first kappa shape index (κ1) is 11.7. The molecule has 2 unspecified atom stereocenters. The summed E-state index contributed by atoms with van der Waals surface area (Å²) in [7, 11) is 0. The predicted molar refractivity (Wildman–Crippen MR) is 63.7 cm³/mol. The van der Waals surface area contributed by atoms with Gasteiger partial charge in [0.1, 0.15) is 5.84 Å². The van der Waals surface area contributed by atoms with E-state index in [1.807, 2.05) is 0 Å². The Balaban J connectivity index is 1.86. The van der Waals surface area contributed by atoms with Gasteiger partial charge < -0.3 is 10.9 Å². The molecule has 2 saturated heterocycles. The van der Waals surface area contributed by atoms with Crippen molar-refractivity contribution >= 4 is 5.84 Å². The van der Waals surface area contributed by atoms with Crippen LogP contribution in [0.1, 0.15) is 26.2 Å². The van der Waals surface area contributed by atoms with Gasteiger partial charge in [-0.3, -0.25) is 9.80 Å². The van der Waals surface area contributed by atoms with Gasteiger partial charge in [-0.2, -0.15) is 0 Å². The van der Waals surface area contributed by atoms with Gasteiger partial charge in [-0.25, -0.2) is 0 Å². The van der Waals surface area contributed by atoms with Gasteiger partial charge in [0.2, 0.25) is 0 Å². The molecule has 0 aromatic carbocycles. The van der Waals surface area contributed by atoms with Gasteiger partial charge in [-0.1, -0.05) is 5.16 Å². The molecular formula is C11H22N4O. The predicted octanol–water partition coefficient (Wildman–Crippen LogP) is 0.291. The van der Waals surface area contributed by atoms with Gasteiger partial charge >= 0.3 is 0 Å². The Labute approximate surface area is 96.9 Å². The van der Waals surface area contributed by atoms with E-state index in [0.29, 0.717) is 18.3 Å². The lowest BCUT2D eigenvalue weighted by Crippen LogP contribution is -2.53. The lowest BCUT2D eigenvalue weighted by Gasteiger charge is -2.40. The van der Waals surface area contributed by atoms with Gasteiger partial charge in [-0.05, 0) is 26.3 Å². The number of fused-ring (bicyclic) bond motifs is 1. The van der Waals surface area contributed by atoms with Crippen LogP contribution >= 0.6 is 0 Å². The zero-order chi connectivity index (χ0) is 11.5. The van der Waals surface area contributed by atoms with Crippen LogP contribution in [-0.2, 0) is 0 Å². The standard InChI is InChI=1S/C11H22N4O/c1-9(7-11(12)13-16)15-6-5-14-4-2-3-10(14)8-15/h9-10,16H,2-8H2,1H3,(H2,12,13). The summed E-state index contributed by atoms with van der Waals surface area (Å²) in [5.41, 5.74) is 5.55. The third kappa shape index (κ3) is 2.47. The highest BCUT2D eigenvalue weighted by Crippen LogP contribution is 2.23. The van der Waals surface area contributed by atoms with E-state index in [-0.39, 0.29) is 0 Å². The van der Waals surface area contributed by atoms with Gasteiger partial charge in [0.25, 0.3) is 0 Å². The molecule has 2 heterocycles. The van der Waals surface area contributed by atoms with Crippen LogP contribution in [0.25, 0.3) is 0 Å². The van der Waals surface area contributed by atoms with Gasteiger partial charge in [0.15, 0.2) is 0 Å². The van der Waals surface area contributed by atoms with Crippen molar-refractivity contribution in [1.82, 2.24) is 9.80 Å². The van der Waals surface area contributed by atoms with E-state index in [0.717, 1.165) is 19.1 Å². The molecule has 2 aliphatic rings. The van der Waals surface area contributed by atoms with E-state index in [2.05, 4.69) is 21.9 Å². The third-order valence-electron chi connectivity index (χ3n) is 3.88. The minimum atomic E-state index is 0.335. The largest absolute Gasteiger partial charge is 0.409 e. The molecular weight excluding hydrogens is 204 g/mol. The van der Waals surface area contributed by atoms with E-state index in [4.69, 9.17) is 10.9 Å². The second kappa shape index (κ2) is 5.01. The first-order chi connectivity index (χ1) is 7.70. The zero-order valence-electron chi connectivity index (χ0n) is 9.97. The summed E-state index contributed by atoms with van der Waals surface area (Å²) in [5, 5.41) is 11.6. The Bertz CT molecular complexity index is 269.